The minimum Gasteiger partial charge on any atom is -0.494 e. The number of ether oxygens (including phenoxy) is 2. The number of hydrogen-bond donors (Lipinski definition) is 0. The van der Waals surface area contributed by atoms with E-state index in [1.807, 2.05) is 0 Å². The Morgan fingerprint density at radius 2 is 1.57 bits per heavy atom. The van der Waals surface area contributed by atoms with E-state index in [2.05, 4.69) is 19.4 Å². The molecule has 8 heteroatoms. The second-order valence-corrected chi connectivity index (χ2v) is 3.84. The van der Waals surface area contributed by atoms with Gasteiger partial charge < -0.3 is 9.47 Å². The summed E-state index contributed by atoms with van der Waals surface area (Å²) in [6, 6.07) is 4.33. The van der Waals surface area contributed by atoms with Gasteiger partial charge in [0.05, 0.1) is 26.6 Å². The molecule has 2 heterocycles. The molecule has 0 saturated heterocycles. The van der Waals surface area contributed by atoms with Crippen LogP contribution in [-0.4, -0.2) is 24.2 Å². The lowest BCUT2D eigenvalue weighted by atomic mass is 10.3. The maximum atomic E-state index is 12.6. The van der Waals surface area contributed by atoms with E-state index in [-0.39, 0.29) is 22.3 Å². The Labute approximate surface area is 124 Å². The molecule has 0 aliphatic rings. The summed E-state index contributed by atoms with van der Waals surface area (Å²) in [7, 11) is 2.70. The standard InChI is InChI=1S/C7H5FN2O.C6H5ClFNO/c1-11-7-2-5(3-9)10-4-6(7)8;1-10-5-2-6(7)9-3-4(5)8/h2,4H,1H3;2-3H,1H3. The highest BCUT2D eigenvalue weighted by molar-refractivity contribution is 6.29. The summed E-state index contributed by atoms with van der Waals surface area (Å²) in [6.07, 6.45) is 1.97. The van der Waals surface area contributed by atoms with Crippen LogP contribution in [-0.2, 0) is 0 Å². The molecule has 0 atom stereocenters. The average molecular weight is 314 g/mol. The van der Waals surface area contributed by atoms with Crippen molar-refractivity contribution in [1.29, 1.82) is 5.26 Å². The van der Waals surface area contributed by atoms with Crippen LogP contribution in [0.15, 0.2) is 24.5 Å². The number of hydrogen-bond acceptors (Lipinski definition) is 5. The normalized spacial score (nSPS) is 9.14. The first-order valence-electron chi connectivity index (χ1n) is 5.46. The van der Waals surface area contributed by atoms with Crippen LogP contribution < -0.4 is 9.47 Å². The largest absolute Gasteiger partial charge is 0.494 e. The molecule has 5 nitrogen and oxygen atoms in total. The average Bonchev–Trinajstić information content (AvgIpc) is 2.51. The Balaban J connectivity index is 0.000000211. The van der Waals surface area contributed by atoms with Gasteiger partial charge in [0, 0.05) is 12.1 Å². The molecular weight excluding hydrogens is 304 g/mol. The summed E-state index contributed by atoms with van der Waals surface area (Å²) in [5.41, 5.74) is 0.142. The molecule has 0 spiro atoms. The highest BCUT2D eigenvalue weighted by Gasteiger charge is 2.03. The summed E-state index contributed by atoms with van der Waals surface area (Å²) in [5, 5.41) is 8.58. The number of pyridine rings is 2. The van der Waals surface area contributed by atoms with E-state index < -0.39 is 11.6 Å². The zero-order valence-corrected chi connectivity index (χ0v) is 11.9. The predicted molar refractivity (Wildman–Crippen MR) is 71.2 cm³/mol. The molecule has 0 aromatic carbocycles. The zero-order valence-electron chi connectivity index (χ0n) is 11.1. The van der Waals surface area contributed by atoms with Gasteiger partial charge in [0.2, 0.25) is 0 Å². The molecule has 0 fully saturated rings. The van der Waals surface area contributed by atoms with E-state index in [1.54, 1.807) is 6.07 Å². The maximum absolute atomic E-state index is 12.6. The second kappa shape index (κ2) is 7.97. The maximum Gasteiger partial charge on any atom is 0.183 e. The predicted octanol–water partition coefficient (Wildman–Crippen LogP) is 2.98. The summed E-state index contributed by atoms with van der Waals surface area (Å²) in [6.45, 7) is 0. The molecule has 0 bridgehead atoms. The molecule has 0 saturated carbocycles. The molecule has 2 aromatic heterocycles. The van der Waals surface area contributed by atoms with Crippen molar-refractivity contribution < 1.29 is 18.3 Å². The van der Waals surface area contributed by atoms with Crippen LogP contribution in [0.25, 0.3) is 0 Å². The first kappa shape index (κ1) is 16.6. The van der Waals surface area contributed by atoms with E-state index in [0.717, 1.165) is 12.4 Å². The molecule has 0 aliphatic heterocycles. The van der Waals surface area contributed by atoms with Crippen LogP contribution in [0.1, 0.15) is 5.69 Å². The van der Waals surface area contributed by atoms with Crippen LogP contribution in [0.4, 0.5) is 8.78 Å². The Morgan fingerprint density at radius 3 is 2.05 bits per heavy atom. The number of aromatic nitrogens is 2. The molecule has 0 aliphatic carbocycles. The molecule has 110 valence electrons. The van der Waals surface area contributed by atoms with Gasteiger partial charge in [0.25, 0.3) is 0 Å². The summed E-state index contributed by atoms with van der Waals surface area (Å²) in [5.74, 6) is -0.921. The molecule has 0 radical (unpaired) electrons. The van der Waals surface area contributed by atoms with Crippen molar-refractivity contribution in [2.75, 3.05) is 14.2 Å². The Kier molecular flexibility index (Phi) is 6.30. The van der Waals surface area contributed by atoms with Crippen molar-refractivity contribution in [3.05, 3.63) is 47.0 Å². The van der Waals surface area contributed by atoms with E-state index in [4.69, 9.17) is 16.9 Å². The van der Waals surface area contributed by atoms with Gasteiger partial charge in [-0.05, 0) is 0 Å². The monoisotopic (exact) mass is 313 g/mol. The lowest BCUT2D eigenvalue weighted by Gasteiger charge is -1.99. The van der Waals surface area contributed by atoms with Gasteiger partial charge in [-0.15, -0.1) is 0 Å². The molecule has 0 N–H and O–H groups in total. The molecule has 0 unspecified atom stereocenters. The third-order valence-corrected chi connectivity index (χ3v) is 2.37. The van der Waals surface area contributed by atoms with Crippen molar-refractivity contribution in [1.82, 2.24) is 9.97 Å². The Bertz CT molecular complexity index is 662. The van der Waals surface area contributed by atoms with Gasteiger partial charge in [-0.2, -0.15) is 5.26 Å². The van der Waals surface area contributed by atoms with E-state index in [1.165, 1.54) is 26.4 Å². The van der Waals surface area contributed by atoms with Gasteiger partial charge in [0.1, 0.15) is 16.9 Å². The molecular formula is C13H10ClF2N3O2. The highest BCUT2D eigenvalue weighted by atomic mass is 35.5. The fourth-order valence-corrected chi connectivity index (χ4v) is 1.34. The number of nitrogens with zero attached hydrogens (tertiary/aromatic N) is 3. The fourth-order valence-electron chi connectivity index (χ4n) is 1.19. The van der Waals surface area contributed by atoms with Crippen molar-refractivity contribution in [2.45, 2.75) is 0 Å². The van der Waals surface area contributed by atoms with Crippen molar-refractivity contribution in [3.8, 4) is 17.6 Å². The Morgan fingerprint density at radius 1 is 1.05 bits per heavy atom. The van der Waals surface area contributed by atoms with Gasteiger partial charge >= 0.3 is 0 Å². The number of halogens is 3. The SMILES string of the molecule is COc1cc(C#N)ncc1F.COc1cc(Cl)ncc1F. The van der Waals surface area contributed by atoms with Gasteiger partial charge in [-0.1, -0.05) is 11.6 Å². The Hall–Kier alpha value is -2.46. The van der Waals surface area contributed by atoms with Crippen LogP contribution in [0.3, 0.4) is 0 Å². The summed E-state index contributed by atoms with van der Waals surface area (Å²) >= 11 is 5.44. The van der Waals surface area contributed by atoms with Crippen LogP contribution in [0, 0.1) is 23.0 Å². The third kappa shape index (κ3) is 4.85. The van der Waals surface area contributed by atoms with Gasteiger partial charge in [0.15, 0.2) is 23.1 Å². The van der Waals surface area contributed by atoms with Crippen molar-refractivity contribution >= 4 is 11.6 Å². The molecule has 2 aromatic rings. The quantitative estimate of drug-likeness (QED) is 0.797. The first-order chi connectivity index (χ1) is 10.0. The van der Waals surface area contributed by atoms with Crippen molar-refractivity contribution in [2.24, 2.45) is 0 Å². The van der Waals surface area contributed by atoms with Gasteiger partial charge in [-0.25, -0.2) is 18.7 Å². The van der Waals surface area contributed by atoms with Crippen LogP contribution in [0.5, 0.6) is 11.5 Å². The summed E-state index contributed by atoms with van der Waals surface area (Å²) < 4.78 is 34.4. The molecule has 21 heavy (non-hydrogen) atoms. The van der Waals surface area contributed by atoms with Crippen LogP contribution >= 0.6 is 11.6 Å². The summed E-state index contributed by atoms with van der Waals surface area (Å²) in [4.78, 5) is 6.99. The first-order valence-corrected chi connectivity index (χ1v) is 5.84. The van der Waals surface area contributed by atoms with E-state index in [9.17, 15) is 8.78 Å². The highest BCUT2D eigenvalue weighted by Crippen LogP contribution is 2.18. The lowest BCUT2D eigenvalue weighted by Crippen LogP contribution is -1.91. The third-order valence-electron chi connectivity index (χ3n) is 2.16. The van der Waals surface area contributed by atoms with Crippen molar-refractivity contribution in [3.63, 3.8) is 0 Å². The smallest absolute Gasteiger partial charge is 0.183 e. The fraction of sp³-hybridized carbons (Fsp3) is 0.154. The van der Waals surface area contributed by atoms with E-state index in [0.29, 0.717) is 0 Å². The van der Waals surface area contributed by atoms with Crippen LogP contribution in [0.2, 0.25) is 5.15 Å². The number of methoxy groups -OCH3 is 2. The topological polar surface area (TPSA) is 68.0 Å². The number of rotatable bonds is 2. The molecule has 2 rings (SSSR count). The van der Waals surface area contributed by atoms with E-state index >= 15 is 0 Å². The molecule has 0 amide bonds. The minimum atomic E-state index is -0.563. The van der Waals surface area contributed by atoms with Gasteiger partial charge in [-0.3, -0.25) is 0 Å². The lowest BCUT2D eigenvalue weighted by molar-refractivity contribution is 0.385. The zero-order chi connectivity index (χ0) is 15.8. The number of nitriles is 1. The minimum absolute atomic E-state index is 0.0385. The second-order valence-electron chi connectivity index (χ2n) is 3.46.